The first-order valence-corrected chi connectivity index (χ1v) is 6.41. The van der Waals surface area contributed by atoms with Gasteiger partial charge in [-0.2, -0.15) is 0 Å². The second-order valence-electron chi connectivity index (χ2n) is 4.39. The first-order chi connectivity index (χ1) is 9.22. The van der Waals surface area contributed by atoms with Gasteiger partial charge in [0, 0.05) is 5.56 Å². The third-order valence-corrected chi connectivity index (χ3v) is 3.09. The van der Waals surface area contributed by atoms with E-state index in [1.54, 1.807) is 0 Å². The Morgan fingerprint density at radius 3 is 2.42 bits per heavy atom. The summed E-state index contributed by atoms with van der Waals surface area (Å²) in [5.74, 6) is 0.130. The summed E-state index contributed by atoms with van der Waals surface area (Å²) in [6.07, 6.45) is 4.94. The fourth-order valence-corrected chi connectivity index (χ4v) is 2.13. The molecule has 0 radical (unpaired) electrons. The Kier molecular flexibility index (Phi) is 4.14. The zero-order valence-corrected chi connectivity index (χ0v) is 11.1. The molecule has 2 heteroatoms. The molecule has 0 aliphatic carbocycles. The van der Waals surface area contributed by atoms with Crippen molar-refractivity contribution in [3.05, 3.63) is 70.8 Å². The Bertz CT molecular complexity index is 598. The highest BCUT2D eigenvalue weighted by molar-refractivity contribution is 6.00. The SMILES string of the molecule is CCc1cccc(C=Cc2ccccc2)c1C(=N)N. The standard InChI is InChI=1S/C17H18N2/c1-2-14-9-6-10-15(16(14)17(18)19)12-11-13-7-4-3-5-8-13/h3-12H,2H2,1H3,(H3,18,19). The van der Waals surface area contributed by atoms with Crippen molar-refractivity contribution in [1.29, 1.82) is 5.41 Å². The summed E-state index contributed by atoms with van der Waals surface area (Å²) in [4.78, 5) is 0. The largest absolute Gasteiger partial charge is 0.384 e. The molecule has 2 aromatic rings. The molecule has 0 fully saturated rings. The molecule has 0 atom stereocenters. The van der Waals surface area contributed by atoms with E-state index in [-0.39, 0.29) is 5.84 Å². The van der Waals surface area contributed by atoms with Crippen molar-refractivity contribution in [2.75, 3.05) is 0 Å². The molecule has 0 aliphatic rings. The molecule has 0 saturated heterocycles. The lowest BCUT2D eigenvalue weighted by Crippen LogP contribution is -2.15. The van der Waals surface area contributed by atoms with Gasteiger partial charge in [0.15, 0.2) is 0 Å². The summed E-state index contributed by atoms with van der Waals surface area (Å²) in [7, 11) is 0. The molecule has 0 bridgehead atoms. The number of benzene rings is 2. The number of nitrogens with one attached hydrogen (secondary N) is 1. The highest BCUT2D eigenvalue weighted by atomic mass is 14.7. The van der Waals surface area contributed by atoms with Gasteiger partial charge in [0.05, 0.1) is 0 Å². The van der Waals surface area contributed by atoms with E-state index in [2.05, 4.69) is 6.92 Å². The lowest BCUT2D eigenvalue weighted by molar-refractivity contribution is 1.13. The summed E-state index contributed by atoms with van der Waals surface area (Å²) in [5.41, 5.74) is 9.80. The smallest absolute Gasteiger partial charge is 0.123 e. The molecule has 96 valence electrons. The van der Waals surface area contributed by atoms with Crippen molar-refractivity contribution in [2.24, 2.45) is 5.73 Å². The molecule has 0 saturated carbocycles. The van der Waals surface area contributed by atoms with E-state index in [4.69, 9.17) is 11.1 Å². The van der Waals surface area contributed by atoms with Crippen molar-refractivity contribution in [3.63, 3.8) is 0 Å². The first kappa shape index (κ1) is 13.1. The normalized spacial score (nSPS) is 10.8. The number of hydrogen-bond acceptors (Lipinski definition) is 1. The molecular weight excluding hydrogens is 232 g/mol. The van der Waals surface area contributed by atoms with Crippen LogP contribution in [0.5, 0.6) is 0 Å². The Hall–Kier alpha value is -2.35. The predicted molar refractivity (Wildman–Crippen MR) is 82.2 cm³/mol. The molecule has 0 heterocycles. The van der Waals surface area contributed by atoms with E-state index >= 15 is 0 Å². The average Bonchev–Trinajstić information content (AvgIpc) is 2.45. The van der Waals surface area contributed by atoms with Gasteiger partial charge in [-0.3, -0.25) is 5.41 Å². The van der Waals surface area contributed by atoms with Crippen LogP contribution in [0.3, 0.4) is 0 Å². The van der Waals surface area contributed by atoms with Crippen LogP contribution < -0.4 is 5.73 Å². The van der Waals surface area contributed by atoms with Gasteiger partial charge in [-0.15, -0.1) is 0 Å². The van der Waals surface area contributed by atoms with Crippen molar-refractivity contribution in [2.45, 2.75) is 13.3 Å². The Balaban J connectivity index is 2.40. The maximum absolute atomic E-state index is 7.75. The van der Waals surface area contributed by atoms with Gasteiger partial charge in [-0.05, 0) is 23.1 Å². The highest BCUT2D eigenvalue weighted by Crippen LogP contribution is 2.18. The van der Waals surface area contributed by atoms with Gasteiger partial charge in [0.2, 0.25) is 0 Å². The van der Waals surface area contributed by atoms with E-state index in [1.165, 1.54) is 0 Å². The van der Waals surface area contributed by atoms with E-state index in [1.807, 2.05) is 60.7 Å². The lowest BCUT2D eigenvalue weighted by Gasteiger charge is -2.09. The minimum atomic E-state index is 0.130. The molecular formula is C17H18N2. The van der Waals surface area contributed by atoms with E-state index < -0.39 is 0 Å². The van der Waals surface area contributed by atoms with Gasteiger partial charge in [0.1, 0.15) is 5.84 Å². The second kappa shape index (κ2) is 6.01. The van der Waals surface area contributed by atoms with Crippen LogP contribution in [-0.4, -0.2) is 5.84 Å². The van der Waals surface area contributed by atoms with E-state index in [0.29, 0.717) is 0 Å². The zero-order chi connectivity index (χ0) is 13.7. The molecule has 0 amide bonds. The number of aryl methyl sites for hydroxylation is 1. The molecule has 3 N–H and O–H groups in total. The number of rotatable bonds is 4. The van der Waals surface area contributed by atoms with Crippen LogP contribution >= 0.6 is 0 Å². The quantitative estimate of drug-likeness (QED) is 0.485. The topological polar surface area (TPSA) is 49.9 Å². The second-order valence-corrected chi connectivity index (χ2v) is 4.39. The molecule has 19 heavy (non-hydrogen) atoms. The fourth-order valence-electron chi connectivity index (χ4n) is 2.13. The van der Waals surface area contributed by atoms with Gasteiger partial charge in [-0.1, -0.05) is 67.6 Å². The third kappa shape index (κ3) is 3.10. The number of amidine groups is 1. The summed E-state index contributed by atoms with van der Waals surface area (Å²) >= 11 is 0. The van der Waals surface area contributed by atoms with Gasteiger partial charge < -0.3 is 5.73 Å². The molecule has 0 aliphatic heterocycles. The van der Waals surface area contributed by atoms with Gasteiger partial charge in [-0.25, -0.2) is 0 Å². The molecule has 0 spiro atoms. The number of hydrogen-bond donors (Lipinski definition) is 2. The lowest BCUT2D eigenvalue weighted by atomic mass is 9.97. The fraction of sp³-hybridized carbons (Fsp3) is 0.118. The van der Waals surface area contributed by atoms with Crippen LogP contribution in [-0.2, 0) is 6.42 Å². The maximum atomic E-state index is 7.75. The van der Waals surface area contributed by atoms with Crippen molar-refractivity contribution >= 4 is 18.0 Å². The average molecular weight is 250 g/mol. The van der Waals surface area contributed by atoms with Crippen LogP contribution in [0.25, 0.3) is 12.2 Å². The Morgan fingerprint density at radius 1 is 1.05 bits per heavy atom. The molecule has 0 unspecified atom stereocenters. The molecule has 2 rings (SSSR count). The summed E-state index contributed by atoms with van der Waals surface area (Å²) < 4.78 is 0. The van der Waals surface area contributed by atoms with Crippen LogP contribution in [0.15, 0.2) is 48.5 Å². The van der Waals surface area contributed by atoms with Crippen LogP contribution in [0.2, 0.25) is 0 Å². The van der Waals surface area contributed by atoms with E-state index in [0.717, 1.165) is 28.7 Å². The Labute approximate surface area is 114 Å². The van der Waals surface area contributed by atoms with Crippen molar-refractivity contribution in [1.82, 2.24) is 0 Å². The van der Waals surface area contributed by atoms with Crippen molar-refractivity contribution < 1.29 is 0 Å². The third-order valence-electron chi connectivity index (χ3n) is 3.09. The molecule has 2 aromatic carbocycles. The van der Waals surface area contributed by atoms with Crippen molar-refractivity contribution in [3.8, 4) is 0 Å². The predicted octanol–water partition coefficient (Wildman–Crippen LogP) is 3.70. The van der Waals surface area contributed by atoms with E-state index in [9.17, 15) is 0 Å². The zero-order valence-electron chi connectivity index (χ0n) is 11.1. The van der Waals surface area contributed by atoms with Gasteiger partial charge in [0.25, 0.3) is 0 Å². The summed E-state index contributed by atoms with van der Waals surface area (Å²) in [6.45, 7) is 2.08. The Morgan fingerprint density at radius 2 is 1.79 bits per heavy atom. The van der Waals surface area contributed by atoms with Crippen LogP contribution in [0.1, 0.15) is 29.2 Å². The minimum Gasteiger partial charge on any atom is -0.384 e. The number of nitrogens with two attached hydrogens (primary N) is 1. The highest BCUT2D eigenvalue weighted by Gasteiger charge is 2.07. The van der Waals surface area contributed by atoms with Crippen LogP contribution in [0.4, 0.5) is 0 Å². The maximum Gasteiger partial charge on any atom is 0.123 e. The van der Waals surface area contributed by atoms with Crippen LogP contribution in [0, 0.1) is 5.41 Å². The minimum absolute atomic E-state index is 0.130. The molecule has 0 aromatic heterocycles. The first-order valence-electron chi connectivity index (χ1n) is 6.41. The molecule has 2 nitrogen and oxygen atoms in total. The summed E-state index contributed by atoms with van der Waals surface area (Å²) in [5, 5.41) is 7.75. The monoisotopic (exact) mass is 250 g/mol. The van der Waals surface area contributed by atoms with Gasteiger partial charge >= 0.3 is 0 Å². The number of nitrogen functional groups attached to an aromatic ring is 1. The summed E-state index contributed by atoms with van der Waals surface area (Å²) in [6, 6.07) is 16.1.